The Kier molecular flexibility index (Phi) is 6.00. The summed E-state index contributed by atoms with van der Waals surface area (Å²) in [6.07, 6.45) is 0. The Labute approximate surface area is 140 Å². The molecule has 27 heavy (non-hydrogen) atoms. The Morgan fingerprint density at radius 1 is 0.519 bits per heavy atom. The predicted octanol–water partition coefficient (Wildman–Crippen LogP) is 1.51. The molecule has 0 radical (unpaired) electrons. The van der Waals surface area contributed by atoms with Crippen LogP contribution in [0.5, 0.6) is 0 Å². The van der Waals surface area contributed by atoms with E-state index in [-0.39, 0.29) is 0 Å². The van der Waals surface area contributed by atoms with Crippen LogP contribution < -0.4 is 4.13 Å². The molecule has 0 aliphatic rings. The van der Waals surface area contributed by atoms with Crippen molar-refractivity contribution in [3.8, 4) is 0 Å². The molecule has 0 aromatic rings. The van der Waals surface area contributed by atoms with Gasteiger partial charge in [-0.05, 0) is 0 Å². The molecule has 0 saturated heterocycles. The lowest BCUT2D eigenvalue weighted by molar-refractivity contribution is -0.326. The Hall–Kier alpha value is -1.03. The molecule has 0 heterocycles. The molecule has 0 aliphatic carbocycles. The fourth-order valence-corrected chi connectivity index (χ4v) is 3.78. The van der Waals surface area contributed by atoms with Gasteiger partial charge in [0, 0.05) is 0 Å². The maximum absolute atomic E-state index is 13.1. The molecule has 0 amide bonds. The van der Waals surface area contributed by atoms with E-state index in [0.29, 0.717) is 0 Å². The van der Waals surface area contributed by atoms with Gasteiger partial charge in [0.25, 0.3) is 10.0 Å². The Bertz CT molecular complexity index is 900. The maximum atomic E-state index is 13.1. The summed E-state index contributed by atoms with van der Waals surface area (Å²) in [6.45, 7) is 0. The van der Waals surface area contributed by atoms with Crippen LogP contribution in [0.15, 0.2) is 0 Å². The highest BCUT2D eigenvalue weighted by molar-refractivity contribution is 8.05. The predicted molar refractivity (Wildman–Crippen MR) is 56.8 cm³/mol. The summed E-state index contributed by atoms with van der Waals surface area (Å²) in [5.74, 6) is -16.3. The average molecular weight is 495 g/mol. The second kappa shape index (κ2) is 6.23. The maximum Gasteiger partial charge on any atom is 0.512 e. The van der Waals surface area contributed by atoms with Crippen LogP contribution in [0.2, 0.25) is 0 Å². The molecule has 0 saturated carbocycles. The smallest absolute Gasteiger partial charge is 0.205 e. The molecule has 0 aromatic heterocycles. The third-order valence-electron chi connectivity index (χ3n) is 2.29. The second-order valence-electron chi connectivity index (χ2n) is 4.16. The van der Waals surface area contributed by atoms with E-state index in [1.165, 1.54) is 0 Å². The highest BCUT2D eigenvalue weighted by atomic mass is 32.3. The van der Waals surface area contributed by atoms with Crippen molar-refractivity contribution in [3.63, 3.8) is 0 Å². The Morgan fingerprint density at radius 2 is 0.815 bits per heavy atom. The number of halogens is 12. The summed E-state index contributed by atoms with van der Waals surface area (Å²) < 4.78 is 212. The third kappa shape index (κ3) is 3.79. The van der Waals surface area contributed by atoms with Gasteiger partial charge >= 0.3 is 48.1 Å². The first-order valence-corrected chi connectivity index (χ1v) is 9.35. The van der Waals surface area contributed by atoms with E-state index in [2.05, 4.69) is 0 Å². The highest BCUT2D eigenvalue weighted by Gasteiger charge is 2.88. The van der Waals surface area contributed by atoms with E-state index in [9.17, 15) is 77.4 Å². The lowest BCUT2D eigenvalue weighted by atomic mass is 10.2. The van der Waals surface area contributed by atoms with Gasteiger partial charge < -0.3 is 0 Å². The number of hydrogen-bond acceptors (Lipinski definition) is 6. The molecule has 0 aromatic carbocycles. The number of rotatable bonds is 7. The summed E-state index contributed by atoms with van der Waals surface area (Å²) >= 11 is 0. The van der Waals surface area contributed by atoms with Crippen LogP contribution in [0.1, 0.15) is 0 Å². The molecular weight excluding hydrogens is 494 g/mol. The molecule has 0 unspecified atom stereocenters. The van der Waals surface area contributed by atoms with Gasteiger partial charge in [-0.2, -0.15) is 56.7 Å². The summed E-state index contributed by atoms with van der Waals surface area (Å²) in [7, 11) is -23.7. The monoisotopic (exact) mass is 495 g/mol. The van der Waals surface area contributed by atoms with Crippen LogP contribution in [-0.2, 0) is 30.3 Å². The van der Waals surface area contributed by atoms with Crippen molar-refractivity contribution in [2.24, 2.45) is 0 Å². The lowest BCUT2D eigenvalue weighted by Gasteiger charge is -2.34. The zero-order valence-electron chi connectivity index (χ0n) is 11.2. The van der Waals surface area contributed by atoms with Crippen molar-refractivity contribution < 1.29 is 77.4 Å². The summed E-state index contributed by atoms with van der Waals surface area (Å²) in [5, 5.41) is -15.6. The van der Waals surface area contributed by atoms with Crippen molar-refractivity contribution in [1.29, 1.82) is 0 Å². The van der Waals surface area contributed by atoms with Crippen LogP contribution >= 0.6 is 0 Å². The Balaban J connectivity index is 6.59. The van der Waals surface area contributed by atoms with Gasteiger partial charge in [-0.3, -0.25) is 0 Å². The zero-order chi connectivity index (χ0) is 22.7. The normalized spacial score (nSPS) is 16.4. The van der Waals surface area contributed by atoms with Crippen molar-refractivity contribution in [3.05, 3.63) is 0 Å². The van der Waals surface area contributed by atoms with Gasteiger partial charge in [0.05, 0.1) is 0 Å². The second-order valence-corrected chi connectivity index (χ2v) is 9.20. The topological polar surface area (TPSA) is 114 Å². The fraction of sp³-hybridized carbons (Fsp3) is 1.00. The number of hydrogen-bond donors (Lipinski definition) is 1. The van der Waals surface area contributed by atoms with Gasteiger partial charge in [-0.1, -0.05) is 8.01 Å². The van der Waals surface area contributed by atoms with Crippen molar-refractivity contribution in [2.75, 3.05) is 0 Å². The summed E-state index contributed by atoms with van der Waals surface area (Å²) in [5.41, 5.74) is -6.79. The third-order valence-corrected chi connectivity index (χ3v) is 6.46. The van der Waals surface area contributed by atoms with Crippen LogP contribution in [0, 0.1) is 0 Å². The van der Waals surface area contributed by atoms with Gasteiger partial charge in [0.1, 0.15) is 0 Å². The quantitative estimate of drug-likeness (QED) is 0.423. The molecule has 0 atom stereocenters. The number of nitrogens with one attached hydrogen (secondary N) is 1. The number of sulfonamides is 2. The van der Waals surface area contributed by atoms with E-state index in [4.69, 9.17) is 0 Å². The molecule has 164 valence electrons. The van der Waals surface area contributed by atoms with Gasteiger partial charge in [0.2, 0.25) is 0 Å². The molecule has 22 heteroatoms. The van der Waals surface area contributed by atoms with E-state index < -0.39 is 62.3 Å². The van der Waals surface area contributed by atoms with E-state index in [1.807, 2.05) is 0 Å². The average Bonchev–Trinajstić information content (AvgIpc) is 2.33. The first-order chi connectivity index (χ1) is 11.2. The minimum absolute atomic E-state index is 1.15. The molecule has 0 spiro atoms. The molecule has 0 aliphatic heterocycles. The van der Waals surface area contributed by atoms with E-state index in [0.717, 1.165) is 0 Å². The summed E-state index contributed by atoms with van der Waals surface area (Å²) in [6, 6.07) is 0. The van der Waals surface area contributed by atoms with Gasteiger partial charge in [0.15, 0.2) is 0 Å². The lowest BCUT2D eigenvalue weighted by Crippen LogP contribution is -2.67. The van der Waals surface area contributed by atoms with Crippen LogP contribution in [0.3, 0.4) is 0 Å². The molecule has 0 fully saturated rings. The first-order valence-electron chi connectivity index (χ1n) is 5.00. The zero-order valence-corrected chi connectivity index (χ0v) is 13.7. The van der Waals surface area contributed by atoms with Crippen molar-refractivity contribution in [2.45, 2.75) is 27.9 Å². The van der Waals surface area contributed by atoms with Gasteiger partial charge in [-0.15, -0.1) is 0 Å². The minimum Gasteiger partial charge on any atom is -0.205 e. The van der Waals surface area contributed by atoms with E-state index in [1.54, 1.807) is 0 Å². The van der Waals surface area contributed by atoms with Crippen LogP contribution in [-0.4, -0.2) is 53.1 Å². The van der Waals surface area contributed by atoms with Crippen LogP contribution in [0.25, 0.3) is 0 Å². The standard InChI is InChI=1S/C5HF12NO6S3/c6-1(7,3(10,11)25(17,19)20)2(8,9)4(12,13)26(21,22)18-27(23,24)5(14,15)16/h18H. The first kappa shape index (κ1) is 26.0. The highest BCUT2D eigenvalue weighted by Crippen LogP contribution is 2.56. The van der Waals surface area contributed by atoms with E-state index >= 15 is 0 Å². The molecule has 0 bridgehead atoms. The molecule has 7 nitrogen and oxygen atoms in total. The molecular formula is C5HF12NO6S3. The summed E-state index contributed by atoms with van der Waals surface area (Å²) in [4.78, 5) is 0. The molecule has 1 N–H and O–H groups in total. The fourth-order valence-electron chi connectivity index (χ4n) is 0.931. The number of alkyl halides is 11. The largest absolute Gasteiger partial charge is 0.512 e. The van der Waals surface area contributed by atoms with Crippen molar-refractivity contribution >= 4 is 30.3 Å². The Morgan fingerprint density at radius 3 is 1.07 bits per heavy atom. The minimum atomic E-state index is -8.16. The van der Waals surface area contributed by atoms with Crippen LogP contribution in [0.4, 0.5) is 52.2 Å². The SMILES string of the molecule is O=S(=O)(F)C(F)(F)C(F)(F)C(F)(F)C(F)(F)S(=O)(=O)NS(=O)(=O)C(F)(F)F. The molecule has 0 rings (SSSR count). The van der Waals surface area contributed by atoms with Crippen molar-refractivity contribution in [1.82, 2.24) is 4.13 Å². The van der Waals surface area contributed by atoms with Gasteiger partial charge in [-0.25, -0.2) is 16.8 Å².